The number of aryl methyl sites for hydroxylation is 1. The molecule has 2 aromatic heterocycles. The van der Waals surface area contributed by atoms with Gasteiger partial charge in [-0.1, -0.05) is 41.9 Å². The third-order valence-corrected chi connectivity index (χ3v) is 4.60. The van der Waals surface area contributed by atoms with E-state index >= 15 is 0 Å². The van der Waals surface area contributed by atoms with Crippen molar-refractivity contribution >= 4 is 11.6 Å². The Bertz CT molecular complexity index is 859. The number of halogens is 1. The van der Waals surface area contributed by atoms with Gasteiger partial charge in [0.15, 0.2) is 5.15 Å². The maximum Gasteiger partial charge on any atom is 0.152 e. The summed E-state index contributed by atoms with van der Waals surface area (Å²) in [7, 11) is 0. The van der Waals surface area contributed by atoms with Gasteiger partial charge in [-0.15, -0.1) is 0 Å². The van der Waals surface area contributed by atoms with Crippen molar-refractivity contribution in [3.8, 4) is 11.4 Å². The molecule has 24 heavy (non-hydrogen) atoms. The van der Waals surface area contributed by atoms with Gasteiger partial charge in [0.25, 0.3) is 0 Å². The van der Waals surface area contributed by atoms with Crippen LogP contribution in [-0.4, -0.2) is 31.4 Å². The molecule has 0 bridgehead atoms. The number of hydrogen-bond donors (Lipinski definition) is 1. The minimum absolute atomic E-state index is 0.541. The van der Waals surface area contributed by atoms with Gasteiger partial charge in [0.05, 0.1) is 5.69 Å². The highest BCUT2D eigenvalue weighted by Crippen LogP contribution is 2.24. The topological polar surface area (TPSA) is 57.7 Å². The summed E-state index contributed by atoms with van der Waals surface area (Å²) < 4.78 is 0. The number of nitrogens with zero attached hydrogens (tertiary/aromatic N) is 4. The first kappa shape index (κ1) is 15.3. The van der Waals surface area contributed by atoms with E-state index < -0.39 is 0 Å². The first-order valence-electron chi connectivity index (χ1n) is 8.02. The number of H-pyrrole nitrogens is 1. The van der Waals surface area contributed by atoms with E-state index in [9.17, 15) is 0 Å². The van der Waals surface area contributed by atoms with E-state index in [0.717, 1.165) is 49.0 Å². The maximum atomic E-state index is 6.34. The predicted molar refractivity (Wildman–Crippen MR) is 93.6 cm³/mol. The molecule has 3 aromatic rings. The lowest BCUT2D eigenvalue weighted by molar-refractivity contribution is 0.240. The fourth-order valence-corrected chi connectivity index (χ4v) is 3.25. The lowest BCUT2D eigenvalue weighted by atomic mass is 10.1. The van der Waals surface area contributed by atoms with E-state index in [1.54, 1.807) is 0 Å². The Balaban J connectivity index is 1.52. The molecule has 1 aliphatic heterocycles. The van der Waals surface area contributed by atoms with Crippen molar-refractivity contribution in [1.82, 2.24) is 24.8 Å². The number of benzene rings is 1. The molecule has 0 aliphatic carbocycles. The van der Waals surface area contributed by atoms with Crippen molar-refractivity contribution < 1.29 is 0 Å². The van der Waals surface area contributed by atoms with E-state index in [4.69, 9.17) is 11.6 Å². The summed E-state index contributed by atoms with van der Waals surface area (Å²) in [5.74, 6) is 1.65. The van der Waals surface area contributed by atoms with E-state index in [1.807, 2.05) is 43.5 Å². The lowest BCUT2D eigenvalue weighted by Gasteiger charge is -2.27. The normalized spacial score (nSPS) is 14.6. The predicted octanol–water partition coefficient (Wildman–Crippen LogP) is 3.39. The number of hydrogen-bond acceptors (Lipinski definition) is 4. The van der Waals surface area contributed by atoms with Gasteiger partial charge < -0.3 is 4.98 Å². The molecule has 0 saturated heterocycles. The van der Waals surface area contributed by atoms with Crippen LogP contribution in [0.15, 0.2) is 36.5 Å². The third kappa shape index (κ3) is 3.05. The molecular weight excluding hydrogens is 322 g/mol. The molecule has 0 amide bonds. The molecular formula is C18H18ClN5. The zero-order chi connectivity index (χ0) is 16.5. The molecule has 0 atom stereocenters. The number of aromatic nitrogens is 4. The summed E-state index contributed by atoms with van der Waals surface area (Å²) in [5.41, 5.74) is 4.36. The summed E-state index contributed by atoms with van der Waals surface area (Å²) in [6, 6.07) is 10.0. The van der Waals surface area contributed by atoms with E-state index in [-0.39, 0.29) is 0 Å². The summed E-state index contributed by atoms with van der Waals surface area (Å²) in [6.07, 6.45) is 2.88. The van der Waals surface area contributed by atoms with Crippen LogP contribution in [0.4, 0.5) is 0 Å². The van der Waals surface area contributed by atoms with Gasteiger partial charge in [-0.2, -0.15) is 0 Å². The van der Waals surface area contributed by atoms with E-state index in [0.29, 0.717) is 5.15 Å². The average Bonchev–Trinajstić information content (AvgIpc) is 2.97. The van der Waals surface area contributed by atoms with Crippen LogP contribution >= 0.6 is 11.6 Å². The number of aromatic amines is 1. The monoisotopic (exact) mass is 339 g/mol. The van der Waals surface area contributed by atoms with Crippen molar-refractivity contribution in [3.63, 3.8) is 0 Å². The van der Waals surface area contributed by atoms with Crippen molar-refractivity contribution in [2.24, 2.45) is 0 Å². The van der Waals surface area contributed by atoms with Crippen LogP contribution < -0.4 is 0 Å². The quantitative estimate of drug-likeness (QED) is 0.794. The molecule has 0 spiro atoms. The molecule has 1 aliphatic rings. The minimum atomic E-state index is 0.541. The SMILES string of the molecule is Cc1ncc2c(n1)CCN(Cc1[nH]c(-c3ccccc3)nc1Cl)C2. The molecule has 3 heterocycles. The van der Waals surface area contributed by atoms with Crippen LogP contribution in [0.25, 0.3) is 11.4 Å². The van der Waals surface area contributed by atoms with E-state index in [2.05, 4.69) is 24.8 Å². The van der Waals surface area contributed by atoms with Crippen LogP contribution in [0.1, 0.15) is 22.8 Å². The van der Waals surface area contributed by atoms with Crippen LogP contribution in [0, 0.1) is 6.92 Å². The van der Waals surface area contributed by atoms with Gasteiger partial charge in [-0.3, -0.25) is 4.90 Å². The number of rotatable bonds is 3. The Morgan fingerprint density at radius 3 is 2.88 bits per heavy atom. The Hall–Kier alpha value is -2.24. The highest BCUT2D eigenvalue weighted by Gasteiger charge is 2.20. The second-order valence-electron chi connectivity index (χ2n) is 6.07. The Morgan fingerprint density at radius 1 is 1.21 bits per heavy atom. The first-order valence-corrected chi connectivity index (χ1v) is 8.40. The Labute approximate surface area is 145 Å². The third-order valence-electron chi connectivity index (χ3n) is 4.29. The lowest BCUT2D eigenvalue weighted by Crippen LogP contribution is -2.31. The largest absolute Gasteiger partial charge is 0.339 e. The van der Waals surface area contributed by atoms with Gasteiger partial charge in [0, 0.05) is 49.1 Å². The number of fused-ring (bicyclic) bond motifs is 1. The molecule has 0 unspecified atom stereocenters. The fraction of sp³-hybridized carbons (Fsp3) is 0.278. The second-order valence-corrected chi connectivity index (χ2v) is 6.43. The molecule has 5 nitrogen and oxygen atoms in total. The smallest absolute Gasteiger partial charge is 0.152 e. The molecule has 6 heteroatoms. The van der Waals surface area contributed by atoms with Gasteiger partial charge in [-0.05, 0) is 6.92 Å². The van der Waals surface area contributed by atoms with Gasteiger partial charge in [0.1, 0.15) is 11.6 Å². The van der Waals surface area contributed by atoms with Crippen LogP contribution in [0.2, 0.25) is 5.15 Å². The number of nitrogens with one attached hydrogen (secondary N) is 1. The highest BCUT2D eigenvalue weighted by atomic mass is 35.5. The summed E-state index contributed by atoms with van der Waals surface area (Å²) >= 11 is 6.34. The van der Waals surface area contributed by atoms with Crippen molar-refractivity contribution in [1.29, 1.82) is 0 Å². The van der Waals surface area contributed by atoms with Gasteiger partial charge in [-0.25, -0.2) is 15.0 Å². The molecule has 0 saturated carbocycles. The molecule has 0 radical (unpaired) electrons. The standard InChI is InChI=1S/C18H18ClN5/c1-12-20-9-14-10-24(8-7-15(14)21-12)11-16-17(19)23-18(22-16)13-5-3-2-4-6-13/h2-6,9H,7-8,10-11H2,1H3,(H,22,23). The minimum Gasteiger partial charge on any atom is -0.339 e. The molecule has 1 N–H and O–H groups in total. The summed E-state index contributed by atoms with van der Waals surface area (Å²) in [5, 5.41) is 0.541. The zero-order valence-corrected chi connectivity index (χ0v) is 14.2. The molecule has 122 valence electrons. The molecule has 0 fully saturated rings. The van der Waals surface area contributed by atoms with Crippen molar-refractivity contribution in [3.05, 3.63) is 64.5 Å². The zero-order valence-electron chi connectivity index (χ0n) is 13.5. The summed E-state index contributed by atoms with van der Waals surface area (Å²) in [4.78, 5) is 19.0. The Kier molecular flexibility index (Phi) is 4.04. The van der Waals surface area contributed by atoms with Gasteiger partial charge in [0.2, 0.25) is 0 Å². The van der Waals surface area contributed by atoms with Crippen molar-refractivity contribution in [2.45, 2.75) is 26.4 Å². The number of imidazole rings is 1. The molecule has 4 rings (SSSR count). The van der Waals surface area contributed by atoms with Crippen LogP contribution in [0.3, 0.4) is 0 Å². The first-order chi connectivity index (χ1) is 11.7. The molecule has 1 aromatic carbocycles. The van der Waals surface area contributed by atoms with Crippen molar-refractivity contribution in [2.75, 3.05) is 6.54 Å². The van der Waals surface area contributed by atoms with Crippen LogP contribution in [0.5, 0.6) is 0 Å². The summed E-state index contributed by atoms with van der Waals surface area (Å²) in [6.45, 7) is 4.47. The van der Waals surface area contributed by atoms with Gasteiger partial charge >= 0.3 is 0 Å². The second kappa shape index (κ2) is 6.34. The van der Waals surface area contributed by atoms with Crippen LogP contribution in [-0.2, 0) is 19.5 Å². The maximum absolute atomic E-state index is 6.34. The average molecular weight is 340 g/mol. The Morgan fingerprint density at radius 2 is 2.04 bits per heavy atom. The fourth-order valence-electron chi connectivity index (χ4n) is 3.06. The highest BCUT2D eigenvalue weighted by molar-refractivity contribution is 6.30. The van der Waals surface area contributed by atoms with E-state index in [1.165, 1.54) is 11.3 Å².